The monoisotopic (exact) mass is 281 g/mol. The van der Waals surface area contributed by atoms with Crippen molar-refractivity contribution < 1.29 is 0 Å². The number of likely N-dealkylation sites (N-methyl/N-ethyl adjacent to an activating group) is 1. The minimum atomic E-state index is 0.659. The highest BCUT2D eigenvalue weighted by Crippen LogP contribution is 2.21. The molecule has 2 fully saturated rings. The minimum absolute atomic E-state index is 0.659. The van der Waals surface area contributed by atoms with Crippen molar-refractivity contribution in [3.8, 4) is 0 Å². The molecule has 1 unspecified atom stereocenters. The van der Waals surface area contributed by atoms with E-state index in [4.69, 9.17) is 0 Å². The summed E-state index contributed by atoms with van der Waals surface area (Å²) in [6, 6.07) is 1.54. The zero-order valence-corrected chi connectivity index (χ0v) is 13.9. The van der Waals surface area contributed by atoms with Crippen molar-refractivity contribution in [2.75, 3.05) is 39.3 Å². The second-order valence-electron chi connectivity index (χ2n) is 7.04. The average Bonchev–Trinajstić information content (AvgIpc) is 2.48. The summed E-state index contributed by atoms with van der Waals surface area (Å²) < 4.78 is 0. The van der Waals surface area contributed by atoms with Gasteiger partial charge in [-0.05, 0) is 64.3 Å². The van der Waals surface area contributed by atoms with Gasteiger partial charge in [-0.15, -0.1) is 0 Å². The predicted octanol–water partition coefficient (Wildman–Crippen LogP) is 2.57. The van der Waals surface area contributed by atoms with Gasteiger partial charge in [0.25, 0.3) is 0 Å². The molecule has 118 valence electrons. The minimum Gasteiger partial charge on any atom is -0.313 e. The Labute approximate surface area is 126 Å². The quantitative estimate of drug-likeness (QED) is 0.807. The van der Waals surface area contributed by atoms with E-state index in [0.717, 1.165) is 18.5 Å². The summed E-state index contributed by atoms with van der Waals surface area (Å²) in [4.78, 5) is 5.46. The van der Waals surface area contributed by atoms with Crippen LogP contribution in [-0.2, 0) is 0 Å². The average molecular weight is 281 g/mol. The van der Waals surface area contributed by atoms with E-state index in [1.807, 2.05) is 0 Å². The van der Waals surface area contributed by atoms with Crippen molar-refractivity contribution in [1.82, 2.24) is 15.1 Å². The molecule has 1 atom stereocenters. The zero-order chi connectivity index (χ0) is 14.4. The fourth-order valence-electron chi connectivity index (χ4n) is 3.80. The summed E-state index contributed by atoms with van der Waals surface area (Å²) in [5.74, 6) is 0.731. The largest absolute Gasteiger partial charge is 0.313 e. The molecule has 0 bridgehead atoms. The van der Waals surface area contributed by atoms with Gasteiger partial charge >= 0.3 is 0 Å². The normalized spacial score (nSPS) is 25.2. The van der Waals surface area contributed by atoms with E-state index in [9.17, 15) is 0 Å². The molecule has 2 saturated heterocycles. The van der Waals surface area contributed by atoms with E-state index in [1.165, 1.54) is 64.8 Å². The maximum Gasteiger partial charge on any atom is 0.0217 e. The Morgan fingerprint density at radius 1 is 1.00 bits per heavy atom. The third-order valence-electron chi connectivity index (χ3n) is 5.19. The van der Waals surface area contributed by atoms with Crippen LogP contribution in [0.15, 0.2) is 0 Å². The fourth-order valence-corrected chi connectivity index (χ4v) is 3.80. The molecule has 0 radical (unpaired) electrons. The second kappa shape index (κ2) is 8.35. The first kappa shape index (κ1) is 16.3. The van der Waals surface area contributed by atoms with E-state index < -0.39 is 0 Å². The Morgan fingerprint density at radius 3 is 2.20 bits per heavy atom. The third-order valence-corrected chi connectivity index (χ3v) is 5.19. The number of nitrogens with zero attached hydrogens (tertiary/aromatic N) is 2. The van der Waals surface area contributed by atoms with E-state index in [1.54, 1.807) is 0 Å². The van der Waals surface area contributed by atoms with Gasteiger partial charge in [0.1, 0.15) is 0 Å². The van der Waals surface area contributed by atoms with Crippen LogP contribution in [0.3, 0.4) is 0 Å². The molecule has 1 N–H and O–H groups in total. The van der Waals surface area contributed by atoms with E-state index in [0.29, 0.717) is 6.04 Å². The summed E-state index contributed by atoms with van der Waals surface area (Å²) in [6.45, 7) is 14.5. The lowest BCUT2D eigenvalue weighted by Crippen LogP contribution is -2.50. The van der Waals surface area contributed by atoms with Crippen molar-refractivity contribution in [3.63, 3.8) is 0 Å². The van der Waals surface area contributed by atoms with Crippen LogP contribution in [0.4, 0.5) is 0 Å². The van der Waals surface area contributed by atoms with Gasteiger partial charge in [0.2, 0.25) is 0 Å². The maximum absolute atomic E-state index is 3.65. The molecule has 2 rings (SSSR count). The number of piperidine rings is 2. The van der Waals surface area contributed by atoms with Crippen LogP contribution in [0.25, 0.3) is 0 Å². The smallest absolute Gasteiger partial charge is 0.0217 e. The van der Waals surface area contributed by atoms with Crippen LogP contribution in [0.2, 0.25) is 0 Å². The lowest BCUT2D eigenvalue weighted by Gasteiger charge is -2.41. The Morgan fingerprint density at radius 2 is 1.65 bits per heavy atom. The Hall–Kier alpha value is -0.120. The first-order valence-corrected chi connectivity index (χ1v) is 8.90. The van der Waals surface area contributed by atoms with Crippen LogP contribution in [0.5, 0.6) is 0 Å². The molecule has 0 spiro atoms. The number of hydrogen-bond acceptors (Lipinski definition) is 3. The van der Waals surface area contributed by atoms with Crippen molar-refractivity contribution in [2.24, 2.45) is 5.92 Å². The number of nitrogens with one attached hydrogen (secondary N) is 1. The van der Waals surface area contributed by atoms with E-state index >= 15 is 0 Å². The molecule has 0 amide bonds. The molecule has 0 aromatic rings. The third kappa shape index (κ3) is 4.71. The van der Waals surface area contributed by atoms with Crippen LogP contribution >= 0.6 is 0 Å². The molecule has 2 aliphatic heterocycles. The molecule has 2 aliphatic rings. The van der Waals surface area contributed by atoms with Crippen LogP contribution < -0.4 is 5.32 Å². The SMILES string of the molecule is CCNC(CN1CCC(N2CCCCC2)CC1)C(C)C. The van der Waals surface area contributed by atoms with Crippen LogP contribution in [0.1, 0.15) is 52.9 Å². The molecule has 20 heavy (non-hydrogen) atoms. The van der Waals surface area contributed by atoms with Gasteiger partial charge < -0.3 is 15.1 Å². The molecule has 0 aromatic heterocycles. The van der Waals surface area contributed by atoms with Gasteiger partial charge in [-0.25, -0.2) is 0 Å². The van der Waals surface area contributed by atoms with Gasteiger partial charge in [-0.2, -0.15) is 0 Å². The highest BCUT2D eigenvalue weighted by Gasteiger charge is 2.26. The highest BCUT2D eigenvalue weighted by molar-refractivity contribution is 4.84. The van der Waals surface area contributed by atoms with Crippen LogP contribution in [-0.4, -0.2) is 61.2 Å². The number of likely N-dealkylation sites (tertiary alicyclic amines) is 2. The lowest BCUT2D eigenvalue weighted by atomic mass is 9.98. The van der Waals surface area contributed by atoms with Crippen molar-refractivity contribution in [3.05, 3.63) is 0 Å². The summed E-state index contributed by atoms with van der Waals surface area (Å²) in [6.07, 6.45) is 7.08. The van der Waals surface area contributed by atoms with Crippen molar-refractivity contribution in [2.45, 2.75) is 65.0 Å². The molecule has 0 aliphatic carbocycles. The maximum atomic E-state index is 3.65. The molecule has 2 heterocycles. The first-order chi connectivity index (χ1) is 9.70. The summed E-state index contributed by atoms with van der Waals surface area (Å²) in [7, 11) is 0. The molecule has 0 saturated carbocycles. The number of rotatable bonds is 6. The Kier molecular flexibility index (Phi) is 6.79. The van der Waals surface area contributed by atoms with E-state index in [2.05, 4.69) is 35.9 Å². The van der Waals surface area contributed by atoms with Crippen LogP contribution in [0, 0.1) is 5.92 Å². The summed E-state index contributed by atoms with van der Waals surface area (Å²) in [5, 5.41) is 3.65. The van der Waals surface area contributed by atoms with Gasteiger partial charge in [-0.3, -0.25) is 0 Å². The molecular weight excluding hydrogens is 246 g/mol. The second-order valence-corrected chi connectivity index (χ2v) is 7.04. The van der Waals surface area contributed by atoms with E-state index in [-0.39, 0.29) is 0 Å². The van der Waals surface area contributed by atoms with Gasteiger partial charge in [0.15, 0.2) is 0 Å². The Bertz CT molecular complexity index is 253. The van der Waals surface area contributed by atoms with Crippen molar-refractivity contribution in [1.29, 1.82) is 0 Å². The predicted molar refractivity (Wildman–Crippen MR) is 87.2 cm³/mol. The van der Waals surface area contributed by atoms with Crippen molar-refractivity contribution >= 4 is 0 Å². The molecular formula is C17H35N3. The summed E-state index contributed by atoms with van der Waals surface area (Å²) in [5.41, 5.74) is 0. The zero-order valence-electron chi connectivity index (χ0n) is 13.9. The molecule has 0 aromatic carbocycles. The highest BCUT2D eigenvalue weighted by atomic mass is 15.2. The van der Waals surface area contributed by atoms with Gasteiger partial charge in [0.05, 0.1) is 0 Å². The molecule has 3 heteroatoms. The van der Waals surface area contributed by atoms with Gasteiger partial charge in [0, 0.05) is 18.6 Å². The fraction of sp³-hybridized carbons (Fsp3) is 1.00. The summed E-state index contributed by atoms with van der Waals surface area (Å²) >= 11 is 0. The first-order valence-electron chi connectivity index (χ1n) is 8.90. The Balaban J connectivity index is 1.72. The number of hydrogen-bond donors (Lipinski definition) is 1. The standard InChI is InChI=1S/C17H35N3/c1-4-18-17(15(2)3)14-19-12-8-16(9-13-19)20-10-6-5-7-11-20/h15-18H,4-14H2,1-3H3. The lowest BCUT2D eigenvalue weighted by molar-refractivity contribution is 0.0852. The van der Waals surface area contributed by atoms with Gasteiger partial charge in [-0.1, -0.05) is 27.2 Å². The molecule has 3 nitrogen and oxygen atoms in total. The topological polar surface area (TPSA) is 18.5 Å².